The second-order valence-electron chi connectivity index (χ2n) is 3.98. The molecule has 0 atom stereocenters. The van der Waals surface area contributed by atoms with Gasteiger partial charge in [0.2, 0.25) is 5.89 Å². The molecule has 0 aliphatic rings. The Bertz CT molecular complexity index is 484. The summed E-state index contributed by atoms with van der Waals surface area (Å²) in [6, 6.07) is 6.12. The summed E-state index contributed by atoms with van der Waals surface area (Å²) >= 11 is 0. The van der Waals surface area contributed by atoms with Gasteiger partial charge < -0.3 is 4.42 Å². The summed E-state index contributed by atoms with van der Waals surface area (Å²) in [5, 5.41) is 0. The van der Waals surface area contributed by atoms with Crippen LogP contribution in [0, 0.1) is 0 Å². The largest absolute Gasteiger partial charge is 0.437 e. The van der Waals surface area contributed by atoms with Crippen molar-refractivity contribution in [1.29, 1.82) is 0 Å². The second-order valence-corrected chi connectivity index (χ2v) is 3.98. The van der Waals surface area contributed by atoms with Crippen molar-refractivity contribution in [3.05, 3.63) is 36.2 Å². The third kappa shape index (κ3) is 2.16. The minimum Gasteiger partial charge on any atom is -0.437 e. The number of hydrogen-bond donors (Lipinski definition) is 0. The van der Waals surface area contributed by atoms with Crippen LogP contribution in [0.4, 0.5) is 0 Å². The van der Waals surface area contributed by atoms with Crippen LogP contribution >= 0.6 is 0 Å². The fraction of sp³-hybridized carbons (Fsp3) is 0.357. The Labute approximate surface area is 96.0 Å². The van der Waals surface area contributed by atoms with E-state index in [0.29, 0.717) is 5.89 Å². The van der Waals surface area contributed by atoms with E-state index >= 15 is 0 Å². The number of unbranched alkanes of at least 4 members (excludes halogenated alkanes) is 2. The number of aryl methyl sites for hydroxylation is 1. The zero-order valence-corrected chi connectivity index (χ0v) is 9.70. The number of para-hydroxylation sites is 1. The molecule has 0 unspecified atom stereocenters. The summed E-state index contributed by atoms with van der Waals surface area (Å²) < 4.78 is 5.53. The van der Waals surface area contributed by atoms with Crippen LogP contribution in [0.25, 0.3) is 17.2 Å². The maximum Gasteiger partial charge on any atom is 0.219 e. The molecule has 1 heterocycles. The van der Waals surface area contributed by atoms with Crippen molar-refractivity contribution in [2.45, 2.75) is 32.6 Å². The van der Waals surface area contributed by atoms with Crippen molar-refractivity contribution in [1.82, 2.24) is 4.98 Å². The lowest BCUT2D eigenvalue weighted by Gasteiger charge is -2.00. The molecule has 0 aliphatic carbocycles. The first kappa shape index (κ1) is 10.9. The predicted molar refractivity (Wildman–Crippen MR) is 67.3 cm³/mol. The summed E-state index contributed by atoms with van der Waals surface area (Å²) in [5.74, 6) is 0.609. The Hall–Kier alpha value is -1.57. The van der Waals surface area contributed by atoms with Gasteiger partial charge in [0.05, 0.1) is 0 Å². The number of aromatic nitrogens is 1. The molecule has 0 spiro atoms. The van der Waals surface area contributed by atoms with Crippen molar-refractivity contribution in [3.8, 4) is 0 Å². The van der Waals surface area contributed by atoms with Gasteiger partial charge in [0.1, 0.15) is 5.52 Å². The third-order valence-corrected chi connectivity index (χ3v) is 2.74. The molecule has 0 radical (unpaired) electrons. The maximum atomic E-state index is 5.53. The number of rotatable bonds is 5. The number of hydrogen-bond acceptors (Lipinski definition) is 2. The monoisotopic (exact) mass is 215 g/mol. The second kappa shape index (κ2) is 4.97. The molecular weight excluding hydrogens is 198 g/mol. The van der Waals surface area contributed by atoms with Gasteiger partial charge in [-0.25, -0.2) is 4.98 Å². The van der Waals surface area contributed by atoms with Crippen LogP contribution in [-0.4, -0.2) is 4.98 Å². The predicted octanol–water partition coefficient (Wildman–Crippen LogP) is 4.20. The summed E-state index contributed by atoms with van der Waals surface area (Å²) in [7, 11) is 0. The SMILES string of the molecule is C=Cc1nc2c(CCCCC)cccc2o1. The van der Waals surface area contributed by atoms with E-state index < -0.39 is 0 Å². The first-order chi connectivity index (χ1) is 7.85. The zero-order chi connectivity index (χ0) is 11.4. The molecule has 0 fully saturated rings. The summed E-state index contributed by atoms with van der Waals surface area (Å²) in [6.45, 7) is 5.89. The van der Waals surface area contributed by atoms with Crippen molar-refractivity contribution in [3.63, 3.8) is 0 Å². The van der Waals surface area contributed by atoms with Crippen molar-refractivity contribution in [2.75, 3.05) is 0 Å². The number of benzene rings is 1. The van der Waals surface area contributed by atoms with E-state index in [0.717, 1.165) is 17.5 Å². The Kier molecular flexibility index (Phi) is 3.40. The Morgan fingerprint density at radius 2 is 2.25 bits per heavy atom. The van der Waals surface area contributed by atoms with Crippen molar-refractivity contribution >= 4 is 17.2 Å². The fourth-order valence-corrected chi connectivity index (χ4v) is 1.88. The number of nitrogens with zero attached hydrogens (tertiary/aromatic N) is 1. The molecule has 2 nitrogen and oxygen atoms in total. The lowest BCUT2D eigenvalue weighted by Crippen LogP contribution is -1.87. The normalized spacial score (nSPS) is 10.8. The van der Waals surface area contributed by atoms with Crippen LogP contribution in [0.3, 0.4) is 0 Å². The van der Waals surface area contributed by atoms with Crippen molar-refractivity contribution < 1.29 is 4.42 Å². The fourth-order valence-electron chi connectivity index (χ4n) is 1.88. The summed E-state index contributed by atoms with van der Waals surface area (Å²) in [5.41, 5.74) is 3.14. The van der Waals surface area contributed by atoms with Crippen LogP contribution < -0.4 is 0 Å². The topological polar surface area (TPSA) is 26.0 Å². The van der Waals surface area contributed by atoms with Gasteiger partial charge >= 0.3 is 0 Å². The van der Waals surface area contributed by atoms with E-state index in [2.05, 4.69) is 24.6 Å². The molecule has 2 aromatic rings. The average Bonchev–Trinajstić information content (AvgIpc) is 2.73. The molecule has 2 rings (SSSR count). The maximum absolute atomic E-state index is 5.53. The third-order valence-electron chi connectivity index (χ3n) is 2.74. The molecule has 1 aromatic carbocycles. The van der Waals surface area contributed by atoms with Gasteiger partial charge in [0, 0.05) is 0 Å². The standard InChI is InChI=1S/C14H17NO/c1-3-5-6-8-11-9-7-10-12-14(11)15-13(4-2)16-12/h4,7,9-10H,2-3,5-6,8H2,1H3. The van der Waals surface area contributed by atoms with E-state index in [4.69, 9.17) is 4.42 Å². The average molecular weight is 215 g/mol. The summed E-state index contributed by atoms with van der Waals surface area (Å²) in [6.07, 6.45) is 6.45. The van der Waals surface area contributed by atoms with Gasteiger partial charge in [-0.05, 0) is 30.5 Å². The molecule has 2 heteroatoms. The minimum atomic E-state index is 0.609. The molecular formula is C14H17NO. The van der Waals surface area contributed by atoms with E-state index in [-0.39, 0.29) is 0 Å². The van der Waals surface area contributed by atoms with Crippen LogP contribution in [0.15, 0.2) is 29.2 Å². The van der Waals surface area contributed by atoms with Gasteiger partial charge in [-0.15, -0.1) is 0 Å². The zero-order valence-electron chi connectivity index (χ0n) is 9.70. The van der Waals surface area contributed by atoms with Gasteiger partial charge in [-0.2, -0.15) is 0 Å². The van der Waals surface area contributed by atoms with Crippen molar-refractivity contribution in [2.24, 2.45) is 0 Å². The number of fused-ring (bicyclic) bond motifs is 1. The van der Waals surface area contributed by atoms with Gasteiger partial charge in [-0.3, -0.25) is 0 Å². The Balaban J connectivity index is 2.29. The molecule has 0 saturated heterocycles. The number of oxazole rings is 1. The molecule has 0 bridgehead atoms. The van der Waals surface area contributed by atoms with E-state index in [1.54, 1.807) is 6.08 Å². The molecule has 0 amide bonds. The smallest absolute Gasteiger partial charge is 0.219 e. The molecule has 0 N–H and O–H groups in total. The first-order valence-electron chi connectivity index (χ1n) is 5.86. The minimum absolute atomic E-state index is 0.609. The van der Waals surface area contributed by atoms with E-state index in [1.165, 1.54) is 24.8 Å². The highest BCUT2D eigenvalue weighted by Gasteiger charge is 2.07. The molecule has 84 valence electrons. The van der Waals surface area contributed by atoms with E-state index in [9.17, 15) is 0 Å². The lowest BCUT2D eigenvalue weighted by molar-refractivity contribution is 0.589. The van der Waals surface area contributed by atoms with Crippen LogP contribution in [0.1, 0.15) is 37.6 Å². The highest BCUT2D eigenvalue weighted by molar-refractivity contribution is 5.77. The van der Waals surface area contributed by atoms with Crippen LogP contribution in [0.5, 0.6) is 0 Å². The van der Waals surface area contributed by atoms with Gasteiger partial charge in [-0.1, -0.05) is 38.5 Å². The molecule has 0 saturated carbocycles. The Morgan fingerprint density at radius 1 is 1.38 bits per heavy atom. The summed E-state index contributed by atoms with van der Waals surface area (Å²) in [4.78, 5) is 4.43. The van der Waals surface area contributed by atoms with Gasteiger partial charge in [0.25, 0.3) is 0 Å². The highest BCUT2D eigenvalue weighted by Crippen LogP contribution is 2.21. The lowest BCUT2D eigenvalue weighted by atomic mass is 10.1. The highest BCUT2D eigenvalue weighted by atomic mass is 16.3. The molecule has 0 aliphatic heterocycles. The van der Waals surface area contributed by atoms with Gasteiger partial charge in [0.15, 0.2) is 5.58 Å². The van der Waals surface area contributed by atoms with Crippen LogP contribution in [0.2, 0.25) is 0 Å². The molecule has 1 aromatic heterocycles. The van der Waals surface area contributed by atoms with Crippen LogP contribution in [-0.2, 0) is 6.42 Å². The Morgan fingerprint density at radius 3 is 3.00 bits per heavy atom. The van der Waals surface area contributed by atoms with E-state index in [1.807, 2.05) is 12.1 Å². The quantitative estimate of drug-likeness (QED) is 0.698. The molecule has 16 heavy (non-hydrogen) atoms. The first-order valence-corrected chi connectivity index (χ1v) is 5.86.